The first-order valence-corrected chi connectivity index (χ1v) is 7.16. The summed E-state index contributed by atoms with van der Waals surface area (Å²) in [6.45, 7) is 6.78. The molecular weight excluding hydrogens is 268 g/mol. The van der Waals surface area contributed by atoms with E-state index in [1.807, 2.05) is 0 Å². The largest absolute Gasteiger partial charge is 0.480 e. The molecule has 0 radical (unpaired) electrons. The number of hydrogen-bond donors (Lipinski definition) is 0. The Morgan fingerprint density at radius 2 is 2.10 bits per heavy atom. The van der Waals surface area contributed by atoms with Crippen LogP contribution in [0.4, 0.5) is 0 Å². The summed E-state index contributed by atoms with van der Waals surface area (Å²) in [5.41, 5.74) is 0.933. The molecule has 0 amide bonds. The number of methoxy groups -OCH3 is 1. The van der Waals surface area contributed by atoms with Gasteiger partial charge in [-0.25, -0.2) is 9.97 Å². The van der Waals surface area contributed by atoms with E-state index in [0.717, 1.165) is 12.3 Å². The number of hydrogen-bond acceptors (Lipinski definition) is 6. The van der Waals surface area contributed by atoms with E-state index in [2.05, 4.69) is 40.9 Å². The van der Waals surface area contributed by atoms with Crippen molar-refractivity contribution in [1.82, 2.24) is 20.1 Å². The first-order valence-electron chi connectivity index (χ1n) is 7.16. The Morgan fingerprint density at radius 3 is 2.71 bits per heavy atom. The van der Waals surface area contributed by atoms with Crippen LogP contribution in [0, 0.1) is 11.3 Å². The van der Waals surface area contributed by atoms with Gasteiger partial charge in [-0.05, 0) is 24.2 Å². The molecule has 2 heterocycles. The van der Waals surface area contributed by atoms with Crippen molar-refractivity contribution in [2.45, 2.75) is 39.5 Å². The van der Waals surface area contributed by atoms with Gasteiger partial charge in [0, 0.05) is 5.92 Å². The first-order chi connectivity index (χ1) is 9.96. The van der Waals surface area contributed by atoms with Crippen LogP contribution in [-0.2, 0) is 0 Å². The zero-order chi connectivity index (χ0) is 15.0. The Kier molecular flexibility index (Phi) is 3.39. The maximum absolute atomic E-state index is 5.38. The Labute approximate surface area is 124 Å². The highest BCUT2D eigenvalue weighted by molar-refractivity contribution is 5.46. The van der Waals surface area contributed by atoms with Gasteiger partial charge in [0.15, 0.2) is 0 Å². The lowest BCUT2D eigenvalue weighted by Gasteiger charge is -2.17. The van der Waals surface area contributed by atoms with Crippen molar-refractivity contribution in [3.8, 4) is 17.4 Å². The van der Waals surface area contributed by atoms with E-state index in [0.29, 0.717) is 34.6 Å². The van der Waals surface area contributed by atoms with Crippen LogP contribution in [0.2, 0.25) is 0 Å². The average Bonchev–Trinajstić information content (AvgIpc) is 3.01. The van der Waals surface area contributed by atoms with Crippen molar-refractivity contribution in [3.05, 3.63) is 18.3 Å². The van der Waals surface area contributed by atoms with Crippen molar-refractivity contribution in [2.24, 2.45) is 11.3 Å². The zero-order valence-corrected chi connectivity index (χ0v) is 12.8. The first kappa shape index (κ1) is 14.0. The van der Waals surface area contributed by atoms with Gasteiger partial charge in [-0.2, -0.15) is 4.98 Å². The van der Waals surface area contributed by atoms with Gasteiger partial charge in [0.25, 0.3) is 0 Å². The van der Waals surface area contributed by atoms with Crippen LogP contribution >= 0.6 is 0 Å². The van der Waals surface area contributed by atoms with Gasteiger partial charge in [-0.1, -0.05) is 25.9 Å². The molecule has 0 aromatic carbocycles. The molecule has 1 saturated carbocycles. The average molecular weight is 288 g/mol. The Bertz CT molecular complexity index is 615. The molecule has 0 saturated heterocycles. The van der Waals surface area contributed by atoms with E-state index in [1.165, 1.54) is 6.42 Å². The van der Waals surface area contributed by atoms with Gasteiger partial charge in [0.2, 0.25) is 17.6 Å². The van der Waals surface area contributed by atoms with E-state index < -0.39 is 0 Å². The maximum atomic E-state index is 5.38. The minimum Gasteiger partial charge on any atom is -0.480 e. The lowest BCUT2D eigenvalue weighted by atomic mass is 9.89. The van der Waals surface area contributed by atoms with E-state index >= 15 is 0 Å². The molecule has 2 aromatic heterocycles. The SMILES string of the molecule is COc1cnc(-c2noc([C@@H]3C[C@H]3CC(C)(C)C)n2)cn1. The molecule has 0 unspecified atom stereocenters. The third-order valence-electron chi connectivity index (χ3n) is 3.62. The zero-order valence-electron chi connectivity index (χ0n) is 12.8. The van der Waals surface area contributed by atoms with Crippen LogP contribution in [0.15, 0.2) is 16.9 Å². The number of nitrogens with zero attached hydrogens (tertiary/aromatic N) is 4. The van der Waals surface area contributed by atoms with Crippen LogP contribution in [0.25, 0.3) is 11.5 Å². The fraction of sp³-hybridized carbons (Fsp3) is 0.600. The molecule has 21 heavy (non-hydrogen) atoms. The summed E-state index contributed by atoms with van der Waals surface area (Å²) in [6.07, 6.45) is 5.45. The molecule has 112 valence electrons. The van der Waals surface area contributed by atoms with Crippen molar-refractivity contribution < 1.29 is 9.26 Å². The molecule has 0 bridgehead atoms. The van der Waals surface area contributed by atoms with Crippen LogP contribution in [0.5, 0.6) is 5.88 Å². The minimum absolute atomic E-state index is 0.337. The number of rotatable bonds is 4. The molecule has 0 spiro atoms. The van der Waals surface area contributed by atoms with Gasteiger partial charge in [0.1, 0.15) is 5.69 Å². The van der Waals surface area contributed by atoms with E-state index in [4.69, 9.17) is 9.26 Å². The lowest BCUT2D eigenvalue weighted by molar-refractivity contribution is 0.334. The van der Waals surface area contributed by atoms with Crippen LogP contribution in [0.1, 0.15) is 45.4 Å². The molecule has 1 aliphatic rings. The third kappa shape index (κ3) is 3.20. The predicted octanol–water partition coefficient (Wildman–Crippen LogP) is 3.07. The monoisotopic (exact) mass is 288 g/mol. The smallest absolute Gasteiger partial charge is 0.232 e. The predicted molar refractivity (Wildman–Crippen MR) is 76.8 cm³/mol. The van der Waals surface area contributed by atoms with Gasteiger partial charge >= 0.3 is 0 Å². The standard InChI is InChI=1S/C15H20N4O2/c1-15(2,3)6-9-5-10(9)14-18-13(19-21-14)11-7-17-12(20-4)8-16-11/h7-10H,5-6H2,1-4H3/t9-,10+/m0/s1. The second-order valence-electron chi connectivity index (χ2n) is 6.77. The van der Waals surface area contributed by atoms with Gasteiger partial charge < -0.3 is 9.26 Å². The molecule has 6 nitrogen and oxygen atoms in total. The topological polar surface area (TPSA) is 73.9 Å². The summed E-state index contributed by atoms with van der Waals surface area (Å²) in [7, 11) is 1.55. The summed E-state index contributed by atoms with van der Waals surface area (Å²) < 4.78 is 10.4. The van der Waals surface area contributed by atoms with Crippen molar-refractivity contribution >= 4 is 0 Å². The minimum atomic E-state index is 0.337. The van der Waals surface area contributed by atoms with Crippen LogP contribution in [-0.4, -0.2) is 27.2 Å². The van der Waals surface area contributed by atoms with E-state index in [9.17, 15) is 0 Å². The van der Waals surface area contributed by atoms with Gasteiger partial charge in [-0.3, -0.25) is 0 Å². The summed E-state index contributed by atoms with van der Waals surface area (Å²) in [5.74, 6) is 2.73. The molecule has 6 heteroatoms. The summed E-state index contributed by atoms with van der Waals surface area (Å²) in [5, 5.41) is 4.00. The van der Waals surface area contributed by atoms with Crippen molar-refractivity contribution in [2.75, 3.05) is 7.11 Å². The lowest BCUT2D eigenvalue weighted by Crippen LogP contribution is -2.06. The highest BCUT2D eigenvalue weighted by Gasteiger charge is 2.44. The maximum Gasteiger partial charge on any atom is 0.232 e. The van der Waals surface area contributed by atoms with E-state index in [1.54, 1.807) is 19.5 Å². The van der Waals surface area contributed by atoms with Gasteiger partial charge in [0.05, 0.1) is 19.5 Å². The van der Waals surface area contributed by atoms with Crippen molar-refractivity contribution in [3.63, 3.8) is 0 Å². The third-order valence-corrected chi connectivity index (χ3v) is 3.62. The number of ether oxygens (including phenoxy) is 1. The summed E-state index contributed by atoms with van der Waals surface area (Å²) >= 11 is 0. The molecule has 2 aromatic rings. The molecule has 3 rings (SSSR count). The number of aromatic nitrogens is 4. The van der Waals surface area contributed by atoms with Crippen LogP contribution in [0.3, 0.4) is 0 Å². The molecule has 0 aliphatic heterocycles. The van der Waals surface area contributed by atoms with Gasteiger partial charge in [-0.15, -0.1) is 0 Å². The second kappa shape index (κ2) is 5.09. The summed E-state index contributed by atoms with van der Waals surface area (Å²) in [4.78, 5) is 12.8. The summed E-state index contributed by atoms with van der Waals surface area (Å²) in [6, 6.07) is 0. The Morgan fingerprint density at radius 1 is 1.29 bits per heavy atom. The fourth-order valence-corrected chi connectivity index (χ4v) is 2.59. The normalized spacial score (nSPS) is 21.3. The molecule has 1 aliphatic carbocycles. The molecule has 1 fully saturated rings. The van der Waals surface area contributed by atoms with Crippen LogP contribution < -0.4 is 4.74 Å². The molecule has 2 atom stereocenters. The fourth-order valence-electron chi connectivity index (χ4n) is 2.59. The molecule has 0 N–H and O–H groups in total. The highest BCUT2D eigenvalue weighted by atomic mass is 16.5. The molecular formula is C15H20N4O2. The Hall–Kier alpha value is -1.98. The highest BCUT2D eigenvalue weighted by Crippen LogP contribution is 2.52. The van der Waals surface area contributed by atoms with E-state index in [-0.39, 0.29) is 0 Å². The second-order valence-corrected chi connectivity index (χ2v) is 6.77. The quantitative estimate of drug-likeness (QED) is 0.860. The Balaban J connectivity index is 1.69. The van der Waals surface area contributed by atoms with Crippen molar-refractivity contribution in [1.29, 1.82) is 0 Å².